The number of carbonyl (C=O) groups excluding carboxylic acids is 2. The van der Waals surface area contributed by atoms with E-state index in [1.54, 1.807) is 4.68 Å². The lowest BCUT2D eigenvalue weighted by Gasteiger charge is -2.45. The van der Waals surface area contributed by atoms with Gasteiger partial charge in [0.25, 0.3) is 5.91 Å². The van der Waals surface area contributed by atoms with Gasteiger partial charge in [0, 0.05) is 25.2 Å². The van der Waals surface area contributed by atoms with E-state index < -0.39 is 6.04 Å². The summed E-state index contributed by atoms with van der Waals surface area (Å²) in [4.78, 5) is 26.2. The summed E-state index contributed by atoms with van der Waals surface area (Å²) in [6.45, 7) is 4.41. The number of anilines is 1. The van der Waals surface area contributed by atoms with Crippen LogP contribution in [0.4, 0.5) is 5.69 Å². The topological polar surface area (TPSA) is 92.2 Å². The minimum absolute atomic E-state index is 0.216. The summed E-state index contributed by atoms with van der Waals surface area (Å²) in [5.41, 5.74) is 3.31. The predicted octanol–water partition coefficient (Wildman–Crippen LogP) is 1.38. The lowest BCUT2D eigenvalue weighted by molar-refractivity contribution is -0.135. The number of carbonyl (C=O) groups is 2. The van der Waals surface area contributed by atoms with Crippen molar-refractivity contribution in [2.75, 3.05) is 31.1 Å². The molecular weight excluding hydrogens is 356 g/mol. The number of amides is 2. The highest BCUT2D eigenvalue weighted by atomic mass is 16.2. The number of nitrogens with one attached hydrogen (secondary N) is 2. The molecule has 2 amide bonds. The minimum atomic E-state index is -0.475. The highest BCUT2D eigenvalue weighted by Crippen LogP contribution is 2.40. The van der Waals surface area contributed by atoms with E-state index in [1.165, 1.54) is 25.7 Å². The zero-order valence-corrected chi connectivity index (χ0v) is 16.0. The van der Waals surface area contributed by atoms with Gasteiger partial charge in [0.15, 0.2) is 0 Å². The summed E-state index contributed by atoms with van der Waals surface area (Å²) in [6, 6.07) is 5.71. The molecule has 1 aromatic heterocycles. The van der Waals surface area contributed by atoms with Crippen molar-refractivity contribution in [3.8, 4) is 0 Å². The molecule has 3 saturated heterocycles. The number of rotatable bonds is 2. The van der Waals surface area contributed by atoms with Crippen molar-refractivity contribution in [2.24, 2.45) is 5.41 Å². The van der Waals surface area contributed by atoms with Gasteiger partial charge in [0.1, 0.15) is 11.6 Å². The Morgan fingerprint density at radius 1 is 1.07 bits per heavy atom. The third kappa shape index (κ3) is 3.05. The number of aromatic nitrogens is 3. The fourth-order valence-electron chi connectivity index (χ4n) is 4.96. The number of nitrogens with zero attached hydrogens (tertiary/aromatic N) is 4. The summed E-state index contributed by atoms with van der Waals surface area (Å²) < 4.78 is 1.68. The van der Waals surface area contributed by atoms with E-state index in [1.807, 2.05) is 6.07 Å². The van der Waals surface area contributed by atoms with Crippen molar-refractivity contribution in [2.45, 2.75) is 44.6 Å². The highest BCUT2D eigenvalue weighted by Gasteiger charge is 2.36. The standard InChI is InChI=1S/C20H26N6O2/c27-18-4-3-16(19(28)22-18)26-17-13-14(1-2-15(17)23-24-26)25-11-7-20(8-12-25)5-9-21-10-6-20/h1-2,13,16,21H,3-12H2,(H,22,27,28). The van der Waals surface area contributed by atoms with Gasteiger partial charge in [0.05, 0.1) is 5.52 Å². The van der Waals surface area contributed by atoms with Crippen molar-refractivity contribution >= 4 is 28.5 Å². The van der Waals surface area contributed by atoms with Gasteiger partial charge in [0.2, 0.25) is 5.91 Å². The molecule has 1 unspecified atom stereocenters. The number of fused-ring (bicyclic) bond motifs is 1. The molecule has 5 rings (SSSR count). The maximum absolute atomic E-state index is 12.3. The molecule has 8 nitrogen and oxygen atoms in total. The molecule has 1 spiro atoms. The van der Waals surface area contributed by atoms with E-state index in [0.717, 1.165) is 42.9 Å². The summed E-state index contributed by atoms with van der Waals surface area (Å²) in [5, 5.41) is 14.3. The Kier molecular flexibility index (Phi) is 4.30. The van der Waals surface area contributed by atoms with Crippen LogP contribution in [0.3, 0.4) is 0 Å². The maximum Gasteiger partial charge on any atom is 0.251 e. The minimum Gasteiger partial charge on any atom is -0.371 e. The first-order valence-corrected chi connectivity index (χ1v) is 10.3. The van der Waals surface area contributed by atoms with E-state index >= 15 is 0 Å². The smallest absolute Gasteiger partial charge is 0.251 e. The molecule has 0 radical (unpaired) electrons. The van der Waals surface area contributed by atoms with E-state index in [0.29, 0.717) is 18.3 Å². The van der Waals surface area contributed by atoms with Gasteiger partial charge >= 0.3 is 0 Å². The zero-order valence-electron chi connectivity index (χ0n) is 16.0. The average Bonchev–Trinajstić information content (AvgIpc) is 3.12. The molecule has 4 heterocycles. The lowest BCUT2D eigenvalue weighted by Crippen LogP contribution is -2.45. The Morgan fingerprint density at radius 2 is 1.86 bits per heavy atom. The highest BCUT2D eigenvalue weighted by molar-refractivity contribution is 6.00. The molecule has 0 aliphatic carbocycles. The normalized spacial score (nSPS) is 25.3. The van der Waals surface area contributed by atoms with Crippen molar-refractivity contribution in [3.05, 3.63) is 18.2 Å². The Hall–Kier alpha value is -2.48. The number of hydrogen-bond donors (Lipinski definition) is 2. The molecule has 3 aliphatic heterocycles. The van der Waals surface area contributed by atoms with Crippen LogP contribution in [0.15, 0.2) is 18.2 Å². The second-order valence-electron chi connectivity index (χ2n) is 8.41. The molecule has 1 atom stereocenters. The van der Waals surface area contributed by atoms with Gasteiger partial charge in [-0.1, -0.05) is 5.21 Å². The van der Waals surface area contributed by atoms with Gasteiger partial charge in [-0.2, -0.15) is 0 Å². The zero-order chi connectivity index (χ0) is 19.1. The van der Waals surface area contributed by atoms with Crippen LogP contribution in [0.25, 0.3) is 11.0 Å². The molecular formula is C20H26N6O2. The van der Waals surface area contributed by atoms with Crippen LogP contribution in [0.1, 0.15) is 44.6 Å². The third-order valence-electron chi connectivity index (χ3n) is 6.81. The molecule has 3 aliphatic rings. The molecule has 0 bridgehead atoms. The molecule has 148 valence electrons. The average molecular weight is 382 g/mol. The van der Waals surface area contributed by atoms with Gasteiger partial charge in [-0.15, -0.1) is 5.10 Å². The number of imide groups is 1. The SMILES string of the molecule is O=C1CCC(n2nnc3ccc(N4CCC5(CCNCC5)CC4)cc32)C(=O)N1. The first kappa shape index (κ1) is 17.6. The Morgan fingerprint density at radius 3 is 2.61 bits per heavy atom. The van der Waals surface area contributed by atoms with E-state index in [-0.39, 0.29) is 11.8 Å². The van der Waals surface area contributed by atoms with Gasteiger partial charge in [-0.25, -0.2) is 4.68 Å². The summed E-state index contributed by atoms with van der Waals surface area (Å²) in [7, 11) is 0. The first-order chi connectivity index (χ1) is 13.6. The van der Waals surface area contributed by atoms with E-state index in [9.17, 15) is 9.59 Å². The van der Waals surface area contributed by atoms with Crippen LogP contribution < -0.4 is 15.5 Å². The molecule has 8 heteroatoms. The maximum atomic E-state index is 12.3. The van der Waals surface area contributed by atoms with Gasteiger partial charge in [-0.05, 0) is 68.8 Å². The quantitative estimate of drug-likeness (QED) is 0.763. The second-order valence-corrected chi connectivity index (χ2v) is 8.41. The predicted molar refractivity (Wildman–Crippen MR) is 105 cm³/mol. The van der Waals surface area contributed by atoms with Crippen LogP contribution in [0, 0.1) is 5.41 Å². The van der Waals surface area contributed by atoms with E-state index in [4.69, 9.17) is 0 Å². The molecule has 3 fully saturated rings. The largest absolute Gasteiger partial charge is 0.371 e. The number of benzene rings is 1. The molecule has 0 saturated carbocycles. The molecule has 1 aromatic carbocycles. The fourth-order valence-corrected chi connectivity index (χ4v) is 4.96. The summed E-state index contributed by atoms with van der Waals surface area (Å²) in [6.07, 6.45) is 5.83. The Bertz CT molecular complexity index is 907. The van der Waals surface area contributed by atoms with E-state index in [2.05, 4.69) is 38.0 Å². The van der Waals surface area contributed by atoms with Crippen LogP contribution in [0.2, 0.25) is 0 Å². The van der Waals surface area contributed by atoms with Crippen LogP contribution >= 0.6 is 0 Å². The van der Waals surface area contributed by atoms with Crippen LogP contribution in [0.5, 0.6) is 0 Å². The van der Waals surface area contributed by atoms with Crippen molar-refractivity contribution in [1.82, 2.24) is 25.6 Å². The van der Waals surface area contributed by atoms with Crippen molar-refractivity contribution in [3.63, 3.8) is 0 Å². The van der Waals surface area contributed by atoms with Crippen molar-refractivity contribution in [1.29, 1.82) is 0 Å². The monoisotopic (exact) mass is 382 g/mol. The van der Waals surface area contributed by atoms with Gasteiger partial charge in [-0.3, -0.25) is 14.9 Å². The molecule has 2 N–H and O–H groups in total. The third-order valence-corrected chi connectivity index (χ3v) is 6.81. The van der Waals surface area contributed by atoms with Crippen LogP contribution in [-0.4, -0.2) is 53.0 Å². The molecule has 2 aromatic rings. The number of piperidine rings is 3. The second kappa shape index (κ2) is 6.84. The van der Waals surface area contributed by atoms with Gasteiger partial charge < -0.3 is 10.2 Å². The van der Waals surface area contributed by atoms with Crippen LogP contribution in [-0.2, 0) is 9.59 Å². The lowest BCUT2D eigenvalue weighted by atomic mass is 9.71. The fraction of sp³-hybridized carbons (Fsp3) is 0.600. The number of hydrogen-bond acceptors (Lipinski definition) is 6. The summed E-state index contributed by atoms with van der Waals surface area (Å²) in [5.74, 6) is -0.509. The Balaban J connectivity index is 1.38. The summed E-state index contributed by atoms with van der Waals surface area (Å²) >= 11 is 0. The van der Waals surface area contributed by atoms with Crippen molar-refractivity contribution < 1.29 is 9.59 Å². The first-order valence-electron chi connectivity index (χ1n) is 10.3. The molecule has 28 heavy (non-hydrogen) atoms. The Labute approximate surface area is 163 Å².